The number of likely N-dealkylation sites (N-methyl/N-ethyl adjacent to an activating group) is 1. The number of rotatable bonds is 7. The maximum absolute atomic E-state index is 13.2. The molecular formula is C22H23BrN2O4S. The summed E-state index contributed by atoms with van der Waals surface area (Å²) in [6.45, 7) is 4.93. The maximum Gasteiger partial charge on any atom is 0.281 e. The van der Waals surface area contributed by atoms with E-state index in [-0.39, 0.29) is 5.91 Å². The number of carbonyl (C=O) groups is 1. The first kappa shape index (κ1) is 22.1. The maximum atomic E-state index is 13.2. The Kier molecular flexibility index (Phi) is 6.99. The molecule has 1 aliphatic heterocycles. The molecule has 0 aliphatic carbocycles. The van der Waals surface area contributed by atoms with Crippen molar-refractivity contribution in [1.82, 2.24) is 4.90 Å². The lowest BCUT2D eigenvalue weighted by molar-refractivity contribution is -0.114. The number of hydrogen-bond acceptors (Lipinski definition) is 5. The van der Waals surface area contributed by atoms with Crippen molar-refractivity contribution in [2.45, 2.75) is 13.8 Å². The summed E-state index contributed by atoms with van der Waals surface area (Å²) < 4.78 is 17.3. The van der Waals surface area contributed by atoms with Gasteiger partial charge in [0.1, 0.15) is 11.4 Å². The van der Waals surface area contributed by atoms with Gasteiger partial charge in [-0.05, 0) is 90.0 Å². The van der Waals surface area contributed by atoms with Crippen molar-refractivity contribution >= 4 is 50.9 Å². The molecule has 158 valence electrons. The number of thiocarbonyl (C=S) groups is 1. The first-order valence-corrected chi connectivity index (χ1v) is 10.7. The summed E-state index contributed by atoms with van der Waals surface area (Å²) in [6.07, 6.45) is 1.78. The van der Waals surface area contributed by atoms with Crippen LogP contribution in [0.25, 0.3) is 6.08 Å². The molecule has 1 aliphatic rings. The average Bonchev–Trinajstić information content (AvgIpc) is 2.94. The van der Waals surface area contributed by atoms with Gasteiger partial charge in [-0.25, -0.2) is 0 Å². The molecule has 0 radical (unpaired) electrons. The fourth-order valence-electron chi connectivity index (χ4n) is 3.11. The van der Waals surface area contributed by atoms with Gasteiger partial charge in [0.15, 0.2) is 16.6 Å². The molecule has 30 heavy (non-hydrogen) atoms. The summed E-state index contributed by atoms with van der Waals surface area (Å²) in [5.41, 5.74) is 1.94. The fourth-order valence-corrected chi connectivity index (χ4v) is 3.97. The standard InChI is InChI=1S/C22H23BrN2O4S/c1-5-28-16-9-7-15(8-10-16)25-21(26)18(24(3)22(25)30)12-14-11-17(23)20(29-6-2)19(13-14)27-4/h7-13H,5-6H2,1-4H3/b18-12-. The van der Waals surface area contributed by atoms with Crippen molar-refractivity contribution in [3.05, 3.63) is 52.1 Å². The van der Waals surface area contributed by atoms with Crippen molar-refractivity contribution in [1.29, 1.82) is 0 Å². The Hall–Kier alpha value is -2.58. The summed E-state index contributed by atoms with van der Waals surface area (Å²) in [5, 5.41) is 0.410. The predicted octanol–water partition coefficient (Wildman–Crippen LogP) is 4.86. The highest BCUT2D eigenvalue weighted by molar-refractivity contribution is 9.10. The summed E-state index contributed by atoms with van der Waals surface area (Å²) in [6, 6.07) is 11.0. The number of benzene rings is 2. The Labute approximate surface area is 190 Å². The van der Waals surface area contributed by atoms with E-state index in [9.17, 15) is 4.79 Å². The highest BCUT2D eigenvalue weighted by Crippen LogP contribution is 2.38. The molecule has 1 heterocycles. The van der Waals surface area contributed by atoms with E-state index in [1.165, 1.54) is 4.90 Å². The zero-order valence-electron chi connectivity index (χ0n) is 17.3. The third-order valence-corrected chi connectivity index (χ3v) is 5.56. The van der Waals surface area contributed by atoms with Crippen molar-refractivity contribution in [3.63, 3.8) is 0 Å². The molecule has 1 fully saturated rings. The van der Waals surface area contributed by atoms with E-state index in [4.69, 9.17) is 26.4 Å². The van der Waals surface area contributed by atoms with E-state index in [1.54, 1.807) is 25.1 Å². The lowest BCUT2D eigenvalue weighted by Gasteiger charge is -2.16. The Morgan fingerprint density at radius 2 is 1.77 bits per heavy atom. The van der Waals surface area contributed by atoms with Gasteiger partial charge in [0.05, 0.1) is 30.5 Å². The lowest BCUT2D eigenvalue weighted by atomic mass is 10.1. The Morgan fingerprint density at radius 3 is 2.37 bits per heavy atom. The summed E-state index contributed by atoms with van der Waals surface area (Å²) in [7, 11) is 3.36. The zero-order valence-corrected chi connectivity index (χ0v) is 19.7. The molecule has 2 aromatic carbocycles. The first-order chi connectivity index (χ1) is 14.4. The second-order valence-corrected chi connectivity index (χ2v) is 7.63. The Bertz CT molecular complexity index is 991. The van der Waals surface area contributed by atoms with E-state index < -0.39 is 0 Å². The second-order valence-electron chi connectivity index (χ2n) is 6.41. The van der Waals surface area contributed by atoms with Crippen LogP contribution in [-0.2, 0) is 4.79 Å². The van der Waals surface area contributed by atoms with E-state index in [2.05, 4.69) is 15.9 Å². The molecule has 0 spiro atoms. The van der Waals surface area contributed by atoms with Crippen LogP contribution < -0.4 is 19.1 Å². The van der Waals surface area contributed by atoms with E-state index in [1.807, 2.05) is 50.2 Å². The number of nitrogens with zero attached hydrogens (tertiary/aromatic N) is 2. The van der Waals surface area contributed by atoms with Crippen LogP contribution in [0.2, 0.25) is 0 Å². The van der Waals surface area contributed by atoms with Gasteiger partial charge in [-0.15, -0.1) is 0 Å². The number of ether oxygens (including phenoxy) is 3. The largest absolute Gasteiger partial charge is 0.494 e. The number of halogens is 1. The molecular weight excluding hydrogens is 468 g/mol. The van der Waals surface area contributed by atoms with E-state index in [0.717, 1.165) is 15.8 Å². The fraction of sp³-hybridized carbons (Fsp3) is 0.273. The summed E-state index contributed by atoms with van der Waals surface area (Å²) in [4.78, 5) is 16.4. The monoisotopic (exact) mass is 490 g/mol. The molecule has 6 nitrogen and oxygen atoms in total. The molecule has 2 aromatic rings. The van der Waals surface area contributed by atoms with E-state index >= 15 is 0 Å². The zero-order chi connectivity index (χ0) is 21.8. The SMILES string of the molecule is CCOc1ccc(N2C(=O)/C(=C/c3cc(Br)c(OCC)c(OC)c3)N(C)C2=S)cc1. The van der Waals surface area contributed by atoms with Crippen LogP contribution in [0, 0.1) is 0 Å². The third-order valence-electron chi connectivity index (χ3n) is 4.51. The average molecular weight is 491 g/mol. The van der Waals surface area contributed by atoms with Gasteiger partial charge in [0, 0.05) is 7.05 Å². The van der Waals surface area contributed by atoms with Gasteiger partial charge in [-0.1, -0.05) is 0 Å². The van der Waals surface area contributed by atoms with Crippen LogP contribution in [0.15, 0.2) is 46.6 Å². The van der Waals surface area contributed by atoms with Crippen molar-refractivity contribution in [3.8, 4) is 17.2 Å². The van der Waals surface area contributed by atoms with Crippen LogP contribution >= 0.6 is 28.1 Å². The number of methoxy groups -OCH3 is 1. The van der Waals surface area contributed by atoms with Crippen LogP contribution in [0.4, 0.5) is 5.69 Å². The van der Waals surface area contributed by atoms with Gasteiger partial charge in [-0.2, -0.15) is 0 Å². The van der Waals surface area contributed by atoms with Crippen LogP contribution in [0.3, 0.4) is 0 Å². The molecule has 1 saturated heterocycles. The predicted molar refractivity (Wildman–Crippen MR) is 125 cm³/mol. The first-order valence-electron chi connectivity index (χ1n) is 9.48. The normalized spacial score (nSPS) is 15.2. The molecule has 8 heteroatoms. The topological polar surface area (TPSA) is 51.2 Å². The highest BCUT2D eigenvalue weighted by Gasteiger charge is 2.36. The van der Waals surface area contributed by atoms with Crippen molar-refractivity contribution < 1.29 is 19.0 Å². The van der Waals surface area contributed by atoms with Gasteiger partial charge in [-0.3, -0.25) is 9.69 Å². The van der Waals surface area contributed by atoms with Gasteiger partial charge >= 0.3 is 0 Å². The van der Waals surface area contributed by atoms with Crippen LogP contribution in [-0.4, -0.2) is 43.3 Å². The quantitative estimate of drug-likeness (QED) is 0.408. The van der Waals surface area contributed by atoms with Gasteiger partial charge in [0.25, 0.3) is 5.91 Å². The molecule has 0 unspecified atom stereocenters. The number of anilines is 1. The molecule has 0 saturated carbocycles. The number of amides is 1. The summed E-state index contributed by atoms with van der Waals surface area (Å²) >= 11 is 9.05. The molecule has 0 N–H and O–H groups in total. The van der Waals surface area contributed by atoms with E-state index in [0.29, 0.717) is 41.2 Å². The van der Waals surface area contributed by atoms with Crippen molar-refractivity contribution in [2.75, 3.05) is 32.3 Å². The number of hydrogen-bond donors (Lipinski definition) is 0. The second kappa shape index (κ2) is 9.49. The highest BCUT2D eigenvalue weighted by atomic mass is 79.9. The minimum atomic E-state index is -0.198. The van der Waals surface area contributed by atoms with Crippen molar-refractivity contribution in [2.24, 2.45) is 0 Å². The third kappa shape index (κ3) is 4.29. The van der Waals surface area contributed by atoms with Gasteiger partial charge in [0.2, 0.25) is 0 Å². The molecule has 1 amide bonds. The minimum Gasteiger partial charge on any atom is -0.494 e. The smallest absolute Gasteiger partial charge is 0.281 e. The molecule has 3 rings (SSSR count). The molecule has 0 atom stereocenters. The molecule has 0 bridgehead atoms. The van der Waals surface area contributed by atoms with Crippen LogP contribution in [0.1, 0.15) is 19.4 Å². The van der Waals surface area contributed by atoms with Crippen LogP contribution in [0.5, 0.6) is 17.2 Å². The molecule has 0 aromatic heterocycles. The lowest BCUT2D eigenvalue weighted by Crippen LogP contribution is -2.31. The Balaban J connectivity index is 1.95. The minimum absolute atomic E-state index is 0.198. The Morgan fingerprint density at radius 1 is 1.10 bits per heavy atom. The van der Waals surface area contributed by atoms with Gasteiger partial charge < -0.3 is 19.1 Å². The number of carbonyl (C=O) groups excluding carboxylic acids is 1. The summed E-state index contributed by atoms with van der Waals surface area (Å²) in [5.74, 6) is 1.75.